The largest absolute Gasteiger partial charge is 0.379 e. The average molecular weight is 221 g/mol. The van der Waals surface area contributed by atoms with Gasteiger partial charge in [-0.15, -0.1) is 11.6 Å². The minimum atomic E-state index is -0.0297. The molecule has 0 heterocycles. The Balaban J connectivity index is 4.49. The zero-order valence-electron chi connectivity index (χ0n) is 10.3. The van der Waals surface area contributed by atoms with E-state index in [2.05, 4.69) is 27.7 Å². The van der Waals surface area contributed by atoms with E-state index < -0.39 is 0 Å². The first-order valence-electron chi connectivity index (χ1n) is 5.56. The first-order valence-corrected chi connectivity index (χ1v) is 6.10. The van der Waals surface area contributed by atoms with Crippen LogP contribution in [-0.2, 0) is 4.74 Å². The highest BCUT2D eigenvalue weighted by Gasteiger charge is 2.33. The highest BCUT2D eigenvalue weighted by molar-refractivity contribution is 6.17. The minimum absolute atomic E-state index is 0.0297. The zero-order valence-corrected chi connectivity index (χ0v) is 11.1. The summed E-state index contributed by atoms with van der Waals surface area (Å²) in [6.07, 6.45) is 4.55. The van der Waals surface area contributed by atoms with Crippen molar-refractivity contribution in [2.24, 2.45) is 5.41 Å². The predicted molar refractivity (Wildman–Crippen MR) is 64.1 cm³/mol. The van der Waals surface area contributed by atoms with Gasteiger partial charge < -0.3 is 4.74 Å². The van der Waals surface area contributed by atoms with E-state index in [1.807, 2.05) is 0 Å². The fourth-order valence-electron chi connectivity index (χ4n) is 2.12. The van der Waals surface area contributed by atoms with E-state index in [1.165, 1.54) is 12.8 Å². The Labute approximate surface area is 94.2 Å². The summed E-state index contributed by atoms with van der Waals surface area (Å²) in [5, 5.41) is 0. The molecular weight excluding hydrogens is 196 g/mol. The third-order valence-electron chi connectivity index (χ3n) is 3.48. The van der Waals surface area contributed by atoms with Crippen LogP contribution >= 0.6 is 11.6 Å². The van der Waals surface area contributed by atoms with Gasteiger partial charge in [-0.05, 0) is 32.1 Å². The summed E-state index contributed by atoms with van der Waals surface area (Å²) in [5.74, 6) is 0.751. The molecule has 0 spiro atoms. The van der Waals surface area contributed by atoms with E-state index in [9.17, 15) is 0 Å². The quantitative estimate of drug-likeness (QED) is 0.584. The van der Waals surface area contributed by atoms with Gasteiger partial charge >= 0.3 is 0 Å². The van der Waals surface area contributed by atoms with Gasteiger partial charge in [0, 0.05) is 13.0 Å². The molecule has 0 rings (SSSR count). The molecule has 0 saturated carbocycles. The van der Waals surface area contributed by atoms with Crippen molar-refractivity contribution in [3.05, 3.63) is 0 Å². The summed E-state index contributed by atoms with van der Waals surface area (Å²) >= 11 is 5.87. The van der Waals surface area contributed by atoms with Crippen molar-refractivity contribution in [1.82, 2.24) is 0 Å². The first kappa shape index (κ1) is 14.2. The smallest absolute Gasteiger partial charge is 0.0628 e. The van der Waals surface area contributed by atoms with Gasteiger partial charge in [0.1, 0.15) is 0 Å². The number of rotatable bonds is 7. The van der Waals surface area contributed by atoms with Crippen molar-refractivity contribution < 1.29 is 4.74 Å². The summed E-state index contributed by atoms with van der Waals surface area (Å²) in [6, 6.07) is 0. The number of methoxy groups -OCH3 is 1. The molecule has 0 unspecified atom stereocenters. The van der Waals surface area contributed by atoms with Crippen molar-refractivity contribution in [3.63, 3.8) is 0 Å². The Kier molecular flexibility index (Phi) is 6.08. The van der Waals surface area contributed by atoms with Gasteiger partial charge in [-0.2, -0.15) is 0 Å². The first-order chi connectivity index (χ1) is 6.45. The molecule has 1 nitrogen and oxygen atoms in total. The zero-order chi connectivity index (χ0) is 11.2. The second kappa shape index (κ2) is 5.97. The van der Waals surface area contributed by atoms with Crippen LogP contribution in [0.15, 0.2) is 0 Å². The third kappa shape index (κ3) is 4.18. The molecule has 0 aliphatic rings. The van der Waals surface area contributed by atoms with Crippen LogP contribution in [0, 0.1) is 5.41 Å². The molecule has 86 valence electrons. The summed E-state index contributed by atoms with van der Waals surface area (Å²) in [4.78, 5) is 0. The van der Waals surface area contributed by atoms with Gasteiger partial charge in [-0.1, -0.05) is 26.7 Å². The number of hydrogen-bond donors (Lipinski definition) is 0. The van der Waals surface area contributed by atoms with Gasteiger partial charge in [0.05, 0.1) is 5.60 Å². The van der Waals surface area contributed by atoms with E-state index >= 15 is 0 Å². The lowest BCUT2D eigenvalue weighted by Crippen LogP contribution is -2.33. The summed E-state index contributed by atoms with van der Waals surface area (Å²) in [6.45, 7) is 8.81. The minimum Gasteiger partial charge on any atom is -0.379 e. The molecule has 0 atom stereocenters. The molecule has 14 heavy (non-hydrogen) atoms. The highest BCUT2D eigenvalue weighted by Crippen LogP contribution is 2.40. The third-order valence-corrected chi connectivity index (χ3v) is 3.67. The highest BCUT2D eigenvalue weighted by atomic mass is 35.5. The van der Waals surface area contributed by atoms with Crippen LogP contribution in [0.1, 0.15) is 53.4 Å². The molecule has 0 aromatic heterocycles. The molecule has 0 aromatic carbocycles. The molecule has 0 aromatic rings. The molecule has 0 amide bonds. The molecule has 2 heteroatoms. The maximum atomic E-state index is 5.87. The van der Waals surface area contributed by atoms with E-state index in [4.69, 9.17) is 16.3 Å². The van der Waals surface area contributed by atoms with Gasteiger partial charge in [-0.25, -0.2) is 0 Å². The van der Waals surface area contributed by atoms with Crippen LogP contribution in [0.2, 0.25) is 0 Å². The van der Waals surface area contributed by atoms with Crippen molar-refractivity contribution in [1.29, 1.82) is 0 Å². The number of ether oxygens (including phenoxy) is 1. The lowest BCUT2D eigenvalue weighted by atomic mass is 9.72. The maximum absolute atomic E-state index is 5.87. The number of halogens is 1. The fourth-order valence-corrected chi connectivity index (χ4v) is 2.52. The van der Waals surface area contributed by atoms with Crippen LogP contribution < -0.4 is 0 Å². The van der Waals surface area contributed by atoms with Crippen molar-refractivity contribution in [2.45, 2.75) is 59.0 Å². The van der Waals surface area contributed by atoms with Crippen molar-refractivity contribution in [3.8, 4) is 0 Å². The monoisotopic (exact) mass is 220 g/mol. The maximum Gasteiger partial charge on any atom is 0.0628 e. The van der Waals surface area contributed by atoms with E-state index in [0.29, 0.717) is 5.41 Å². The standard InChI is InChI=1S/C12H25ClO/c1-6-12(7-2,8-9-13)10-11(3,4)14-5/h6-10H2,1-5H3. The molecular formula is C12H25ClO. The summed E-state index contributed by atoms with van der Waals surface area (Å²) in [5.41, 5.74) is 0.333. The van der Waals surface area contributed by atoms with Crippen molar-refractivity contribution in [2.75, 3.05) is 13.0 Å². The van der Waals surface area contributed by atoms with Crippen molar-refractivity contribution >= 4 is 11.6 Å². The topological polar surface area (TPSA) is 9.23 Å². The van der Waals surface area contributed by atoms with Crippen LogP contribution in [-0.4, -0.2) is 18.6 Å². The number of alkyl halides is 1. The normalized spacial score (nSPS) is 13.3. The van der Waals surface area contributed by atoms with Gasteiger partial charge in [-0.3, -0.25) is 0 Å². The molecule has 0 aliphatic heterocycles. The predicted octanol–water partition coefficient (Wildman–Crippen LogP) is 4.24. The van der Waals surface area contributed by atoms with Crippen LogP contribution in [0.25, 0.3) is 0 Å². The Morgan fingerprint density at radius 2 is 1.64 bits per heavy atom. The molecule has 0 radical (unpaired) electrons. The molecule has 0 aliphatic carbocycles. The second-order valence-corrected chi connectivity index (χ2v) is 5.16. The molecule has 0 N–H and O–H groups in total. The summed E-state index contributed by atoms with van der Waals surface area (Å²) < 4.78 is 5.50. The SMILES string of the molecule is CCC(CC)(CCCl)CC(C)(C)OC. The Morgan fingerprint density at radius 3 is 1.93 bits per heavy atom. The Bertz CT molecular complexity index is 150. The lowest BCUT2D eigenvalue weighted by Gasteiger charge is -2.38. The van der Waals surface area contributed by atoms with Gasteiger partial charge in [0.15, 0.2) is 0 Å². The second-order valence-electron chi connectivity index (χ2n) is 4.79. The van der Waals surface area contributed by atoms with Gasteiger partial charge in [0.2, 0.25) is 0 Å². The summed E-state index contributed by atoms with van der Waals surface area (Å²) in [7, 11) is 1.79. The number of hydrogen-bond acceptors (Lipinski definition) is 1. The Hall–Kier alpha value is 0.250. The molecule has 0 fully saturated rings. The molecule has 0 saturated heterocycles. The van der Waals surface area contributed by atoms with Gasteiger partial charge in [0.25, 0.3) is 0 Å². The Morgan fingerprint density at radius 1 is 1.14 bits per heavy atom. The van der Waals surface area contributed by atoms with Crippen LogP contribution in [0.4, 0.5) is 0 Å². The van der Waals surface area contributed by atoms with E-state index in [1.54, 1.807) is 7.11 Å². The van der Waals surface area contributed by atoms with E-state index in [0.717, 1.165) is 18.7 Å². The lowest BCUT2D eigenvalue weighted by molar-refractivity contribution is -0.0240. The van der Waals surface area contributed by atoms with Crippen LogP contribution in [0.5, 0.6) is 0 Å². The fraction of sp³-hybridized carbons (Fsp3) is 1.00. The molecule has 0 bridgehead atoms. The van der Waals surface area contributed by atoms with Crippen LogP contribution in [0.3, 0.4) is 0 Å². The van der Waals surface area contributed by atoms with E-state index in [-0.39, 0.29) is 5.60 Å². The average Bonchev–Trinajstić information content (AvgIpc) is 2.17.